The lowest BCUT2D eigenvalue weighted by atomic mass is 10.3. The molecule has 82 valence electrons. The van der Waals surface area contributed by atoms with Gasteiger partial charge in [-0.2, -0.15) is 0 Å². The van der Waals surface area contributed by atoms with Gasteiger partial charge in [-0.1, -0.05) is 0 Å². The molecular weight excluding hydrogens is 218 g/mol. The first-order valence-corrected chi connectivity index (χ1v) is 5.84. The maximum absolute atomic E-state index is 12.9. The minimum Gasteiger partial charge on any atom is -0.392 e. The Morgan fingerprint density at radius 2 is 2.00 bits per heavy atom. The third kappa shape index (κ3) is 2.49. The van der Waals surface area contributed by atoms with Crippen molar-refractivity contribution in [2.45, 2.75) is 35.5 Å². The molecule has 0 aromatic heterocycles. The van der Waals surface area contributed by atoms with Crippen molar-refractivity contribution in [3.63, 3.8) is 0 Å². The molecule has 1 nitrogen and oxygen atoms in total. The second-order valence-corrected chi connectivity index (χ2v) is 5.04. The number of hydrogen-bond donors (Lipinski definition) is 1. The van der Waals surface area contributed by atoms with Crippen LogP contribution in [0.25, 0.3) is 0 Å². The highest BCUT2D eigenvalue weighted by molar-refractivity contribution is 8.00. The summed E-state index contributed by atoms with van der Waals surface area (Å²) in [7, 11) is 0. The molecule has 0 radical (unpaired) electrons. The normalized spacial score (nSPS) is 25.8. The zero-order chi connectivity index (χ0) is 10.8. The fourth-order valence-corrected chi connectivity index (χ4v) is 3.01. The van der Waals surface area contributed by atoms with Crippen molar-refractivity contribution in [1.82, 2.24) is 0 Å². The molecule has 1 aromatic carbocycles. The molecule has 0 bridgehead atoms. The second kappa shape index (κ2) is 4.49. The van der Waals surface area contributed by atoms with Crippen molar-refractivity contribution in [2.24, 2.45) is 0 Å². The van der Waals surface area contributed by atoms with Crippen LogP contribution in [-0.4, -0.2) is 16.5 Å². The summed E-state index contributed by atoms with van der Waals surface area (Å²) >= 11 is 1.43. The molecular formula is C11H12F2OS. The predicted octanol–water partition coefficient (Wildman–Crippen LogP) is 2.97. The first-order chi connectivity index (χ1) is 7.16. The molecule has 15 heavy (non-hydrogen) atoms. The third-order valence-electron chi connectivity index (χ3n) is 2.60. The Balaban J connectivity index is 2.07. The fourth-order valence-electron chi connectivity index (χ4n) is 1.77. The molecule has 0 amide bonds. The highest BCUT2D eigenvalue weighted by Gasteiger charge is 2.26. The zero-order valence-corrected chi connectivity index (χ0v) is 8.94. The molecule has 1 N–H and O–H groups in total. The summed E-state index contributed by atoms with van der Waals surface area (Å²) < 4.78 is 25.6. The summed E-state index contributed by atoms with van der Waals surface area (Å²) in [6.45, 7) is 0. The SMILES string of the molecule is OC1CCCC1Sc1ccc(F)c(F)c1. The lowest BCUT2D eigenvalue weighted by molar-refractivity contribution is 0.188. The van der Waals surface area contributed by atoms with Crippen molar-refractivity contribution in [3.05, 3.63) is 29.8 Å². The van der Waals surface area contributed by atoms with E-state index in [2.05, 4.69) is 0 Å². The molecule has 2 atom stereocenters. The van der Waals surface area contributed by atoms with Crippen LogP contribution < -0.4 is 0 Å². The van der Waals surface area contributed by atoms with Gasteiger partial charge >= 0.3 is 0 Å². The molecule has 2 rings (SSSR count). The average molecular weight is 230 g/mol. The predicted molar refractivity (Wildman–Crippen MR) is 55.9 cm³/mol. The van der Waals surface area contributed by atoms with Crippen LogP contribution in [0.1, 0.15) is 19.3 Å². The Bertz CT molecular complexity index is 356. The van der Waals surface area contributed by atoms with Crippen molar-refractivity contribution in [3.8, 4) is 0 Å². The Labute approximate surface area is 91.5 Å². The third-order valence-corrected chi connectivity index (χ3v) is 3.97. The van der Waals surface area contributed by atoms with E-state index < -0.39 is 11.6 Å². The van der Waals surface area contributed by atoms with Crippen molar-refractivity contribution >= 4 is 11.8 Å². The molecule has 0 saturated heterocycles. The smallest absolute Gasteiger partial charge is 0.159 e. The van der Waals surface area contributed by atoms with Crippen molar-refractivity contribution in [1.29, 1.82) is 0 Å². The maximum Gasteiger partial charge on any atom is 0.159 e. The largest absolute Gasteiger partial charge is 0.392 e. The van der Waals surface area contributed by atoms with Gasteiger partial charge in [0.2, 0.25) is 0 Å². The minimum absolute atomic E-state index is 0.120. The summed E-state index contributed by atoms with van der Waals surface area (Å²) in [5.41, 5.74) is 0. The number of thioether (sulfide) groups is 1. The lowest BCUT2D eigenvalue weighted by Crippen LogP contribution is -2.14. The molecule has 1 saturated carbocycles. The zero-order valence-electron chi connectivity index (χ0n) is 8.12. The van der Waals surface area contributed by atoms with Crippen LogP contribution in [-0.2, 0) is 0 Å². The van der Waals surface area contributed by atoms with Gasteiger partial charge in [-0.05, 0) is 37.5 Å². The van der Waals surface area contributed by atoms with E-state index >= 15 is 0 Å². The highest BCUT2D eigenvalue weighted by Crippen LogP contribution is 2.35. The van der Waals surface area contributed by atoms with E-state index in [4.69, 9.17) is 0 Å². The Kier molecular flexibility index (Phi) is 3.26. The first-order valence-electron chi connectivity index (χ1n) is 4.96. The molecule has 0 heterocycles. The van der Waals surface area contributed by atoms with Crippen molar-refractivity contribution in [2.75, 3.05) is 0 Å². The Morgan fingerprint density at radius 3 is 2.60 bits per heavy atom. The van der Waals surface area contributed by atoms with Crippen LogP contribution in [0.3, 0.4) is 0 Å². The van der Waals surface area contributed by atoms with Gasteiger partial charge in [0, 0.05) is 10.1 Å². The minimum atomic E-state index is -0.827. The van der Waals surface area contributed by atoms with Gasteiger partial charge in [0.25, 0.3) is 0 Å². The standard InChI is InChI=1S/C11H12F2OS/c12-8-5-4-7(6-9(8)13)15-11-3-1-2-10(11)14/h4-6,10-11,14H,1-3H2. The molecule has 1 aliphatic rings. The van der Waals surface area contributed by atoms with E-state index in [1.54, 1.807) is 6.07 Å². The van der Waals surface area contributed by atoms with Crippen LogP contribution in [0, 0.1) is 11.6 Å². The first kappa shape index (κ1) is 10.9. The van der Waals surface area contributed by atoms with Gasteiger partial charge in [-0.15, -0.1) is 11.8 Å². The molecule has 0 aliphatic heterocycles. The summed E-state index contributed by atoms with van der Waals surface area (Å²) in [5, 5.41) is 9.71. The number of aliphatic hydroxyl groups excluding tert-OH is 1. The average Bonchev–Trinajstić information content (AvgIpc) is 2.59. The second-order valence-electron chi connectivity index (χ2n) is 3.73. The van der Waals surface area contributed by atoms with E-state index in [0.29, 0.717) is 4.90 Å². The quantitative estimate of drug-likeness (QED) is 0.842. The van der Waals surface area contributed by atoms with Gasteiger partial charge in [-0.3, -0.25) is 0 Å². The number of hydrogen-bond acceptors (Lipinski definition) is 2. The topological polar surface area (TPSA) is 20.2 Å². The molecule has 1 fully saturated rings. The van der Waals surface area contributed by atoms with E-state index in [1.165, 1.54) is 17.8 Å². The maximum atomic E-state index is 12.9. The molecule has 0 spiro atoms. The fraction of sp³-hybridized carbons (Fsp3) is 0.455. The Hall–Kier alpha value is -0.610. The number of aliphatic hydroxyl groups is 1. The van der Waals surface area contributed by atoms with Gasteiger partial charge in [0.05, 0.1) is 6.10 Å². The Morgan fingerprint density at radius 1 is 1.20 bits per heavy atom. The van der Waals surface area contributed by atoms with E-state index in [0.717, 1.165) is 25.3 Å². The van der Waals surface area contributed by atoms with Crippen molar-refractivity contribution < 1.29 is 13.9 Å². The van der Waals surface area contributed by atoms with Gasteiger partial charge in [0.1, 0.15) is 0 Å². The van der Waals surface area contributed by atoms with E-state index in [1.807, 2.05) is 0 Å². The summed E-state index contributed by atoms with van der Waals surface area (Å²) in [6, 6.07) is 3.86. The van der Waals surface area contributed by atoms with E-state index in [-0.39, 0.29) is 11.4 Å². The van der Waals surface area contributed by atoms with Crippen LogP contribution in [0.5, 0.6) is 0 Å². The van der Waals surface area contributed by atoms with Crippen LogP contribution in [0.15, 0.2) is 23.1 Å². The summed E-state index contributed by atoms with van der Waals surface area (Å²) in [6.07, 6.45) is 2.43. The lowest BCUT2D eigenvalue weighted by Gasteiger charge is -2.13. The van der Waals surface area contributed by atoms with Crippen LogP contribution in [0.2, 0.25) is 0 Å². The molecule has 1 aromatic rings. The molecule has 2 unspecified atom stereocenters. The summed E-state index contributed by atoms with van der Waals surface area (Å²) in [5.74, 6) is -1.65. The van der Waals surface area contributed by atoms with Crippen LogP contribution in [0.4, 0.5) is 8.78 Å². The van der Waals surface area contributed by atoms with Crippen LogP contribution >= 0.6 is 11.8 Å². The van der Waals surface area contributed by atoms with E-state index in [9.17, 15) is 13.9 Å². The number of benzene rings is 1. The summed E-state index contributed by atoms with van der Waals surface area (Å²) in [4.78, 5) is 0.680. The number of rotatable bonds is 2. The number of halogens is 2. The molecule has 1 aliphatic carbocycles. The van der Waals surface area contributed by atoms with Gasteiger partial charge < -0.3 is 5.11 Å². The van der Waals surface area contributed by atoms with Gasteiger partial charge in [0.15, 0.2) is 11.6 Å². The highest BCUT2D eigenvalue weighted by atomic mass is 32.2. The monoisotopic (exact) mass is 230 g/mol. The van der Waals surface area contributed by atoms with Gasteiger partial charge in [-0.25, -0.2) is 8.78 Å². The molecule has 4 heteroatoms.